The number of halogens is 4. The monoisotopic (exact) mass is 320 g/mol. The minimum Gasteiger partial charge on any atom is -0.471 e. The summed E-state index contributed by atoms with van der Waals surface area (Å²) in [6, 6.07) is 0. The van der Waals surface area contributed by atoms with Gasteiger partial charge in [-0.25, -0.2) is 17.6 Å². The summed E-state index contributed by atoms with van der Waals surface area (Å²) in [5.74, 6) is -7.21. The molecule has 0 bridgehead atoms. The maximum atomic E-state index is 13.6. The molecule has 1 aromatic heterocycles. The normalized spacial score (nSPS) is 10.7. The molecule has 1 aromatic carbocycles. The third-order valence-corrected chi connectivity index (χ3v) is 3.34. The van der Waals surface area contributed by atoms with Crippen LogP contribution >= 0.6 is 11.5 Å². The molecular formula is C12H8F4N2O2S. The second kappa shape index (κ2) is 5.68. The van der Waals surface area contributed by atoms with Gasteiger partial charge in [0.1, 0.15) is 12.2 Å². The van der Waals surface area contributed by atoms with E-state index < -0.39 is 46.9 Å². The van der Waals surface area contributed by atoms with E-state index in [1.54, 1.807) is 0 Å². The van der Waals surface area contributed by atoms with Gasteiger partial charge in [0, 0.05) is 10.9 Å². The summed E-state index contributed by atoms with van der Waals surface area (Å²) in [6.45, 7) is 0.0723. The van der Waals surface area contributed by atoms with Crippen molar-refractivity contribution in [3.05, 3.63) is 45.3 Å². The second-order valence-corrected chi connectivity index (χ2v) is 4.67. The molecule has 2 rings (SSSR count). The van der Waals surface area contributed by atoms with Gasteiger partial charge in [0.15, 0.2) is 23.3 Å². The fourth-order valence-corrected chi connectivity index (χ4v) is 2.17. The van der Waals surface area contributed by atoms with Crippen LogP contribution in [0.2, 0.25) is 0 Å². The highest BCUT2D eigenvalue weighted by Gasteiger charge is 2.24. The van der Waals surface area contributed by atoms with Crippen molar-refractivity contribution >= 4 is 17.4 Å². The van der Waals surface area contributed by atoms with Gasteiger partial charge in [-0.2, -0.15) is 4.37 Å². The number of primary amides is 1. The smallest absolute Gasteiger partial charge is 0.255 e. The maximum absolute atomic E-state index is 13.6. The first-order chi connectivity index (χ1) is 9.84. The highest BCUT2D eigenvalue weighted by Crippen LogP contribution is 2.26. The summed E-state index contributed by atoms with van der Waals surface area (Å²) in [4.78, 5) is 11.0. The Balaban J connectivity index is 2.33. The van der Waals surface area contributed by atoms with Crippen LogP contribution < -0.4 is 10.5 Å². The number of carbonyl (C=O) groups is 1. The average Bonchev–Trinajstić information content (AvgIpc) is 2.91. The SMILES string of the molecule is Cc1c(F)c(F)c(COc2nscc2C(N)=O)c(F)c1F. The standard InChI is InChI=1S/C12H8F4N2O2S/c1-4-7(13)9(15)5(10(16)8(4)14)2-20-12-6(11(17)19)3-21-18-12/h3H,2H2,1H3,(H2,17,19). The van der Waals surface area contributed by atoms with Crippen molar-refractivity contribution in [1.82, 2.24) is 4.37 Å². The van der Waals surface area contributed by atoms with Crippen molar-refractivity contribution in [1.29, 1.82) is 0 Å². The van der Waals surface area contributed by atoms with Gasteiger partial charge in [0.25, 0.3) is 5.91 Å². The van der Waals surface area contributed by atoms with Crippen molar-refractivity contribution in [2.45, 2.75) is 13.5 Å². The summed E-state index contributed by atoms with van der Waals surface area (Å²) < 4.78 is 62.6. The van der Waals surface area contributed by atoms with Crippen molar-refractivity contribution in [2.75, 3.05) is 0 Å². The lowest BCUT2D eigenvalue weighted by atomic mass is 10.1. The van der Waals surface area contributed by atoms with Crippen LogP contribution in [-0.2, 0) is 6.61 Å². The van der Waals surface area contributed by atoms with Gasteiger partial charge >= 0.3 is 0 Å². The van der Waals surface area contributed by atoms with Crippen molar-refractivity contribution in [3.8, 4) is 5.88 Å². The van der Waals surface area contributed by atoms with Gasteiger partial charge in [0.05, 0.1) is 5.56 Å². The van der Waals surface area contributed by atoms with E-state index in [9.17, 15) is 22.4 Å². The first-order valence-corrected chi connectivity index (χ1v) is 6.36. The number of ether oxygens (including phenoxy) is 1. The van der Waals surface area contributed by atoms with Crippen LogP contribution in [-0.4, -0.2) is 10.3 Å². The first-order valence-electron chi connectivity index (χ1n) is 5.53. The molecule has 21 heavy (non-hydrogen) atoms. The van der Waals surface area contributed by atoms with Crippen molar-refractivity contribution in [2.24, 2.45) is 5.73 Å². The number of amides is 1. The molecule has 0 saturated heterocycles. The van der Waals surface area contributed by atoms with E-state index in [0.29, 0.717) is 0 Å². The maximum Gasteiger partial charge on any atom is 0.255 e. The molecule has 0 aliphatic carbocycles. The Bertz CT molecular complexity index is 689. The Morgan fingerprint density at radius 3 is 2.33 bits per heavy atom. The number of rotatable bonds is 4. The average molecular weight is 320 g/mol. The molecular weight excluding hydrogens is 312 g/mol. The largest absolute Gasteiger partial charge is 0.471 e. The number of nitrogens with zero attached hydrogens (tertiary/aromatic N) is 1. The highest BCUT2D eigenvalue weighted by molar-refractivity contribution is 7.04. The molecule has 0 aliphatic rings. The fraction of sp³-hybridized carbons (Fsp3) is 0.167. The van der Waals surface area contributed by atoms with E-state index in [-0.39, 0.29) is 11.4 Å². The number of benzene rings is 1. The summed E-state index contributed by atoms with van der Waals surface area (Å²) in [6.07, 6.45) is 0. The van der Waals surface area contributed by atoms with Crippen LogP contribution in [0.4, 0.5) is 17.6 Å². The van der Waals surface area contributed by atoms with Crippen LogP contribution in [0.5, 0.6) is 5.88 Å². The van der Waals surface area contributed by atoms with Crippen molar-refractivity contribution < 1.29 is 27.1 Å². The summed E-state index contributed by atoms with van der Waals surface area (Å²) in [7, 11) is 0. The molecule has 1 heterocycles. The minimum atomic E-state index is -1.55. The van der Waals surface area contributed by atoms with Crippen LogP contribution in [0.1, 0.15) is 21.5 Å². The molecule has 112 valence electrons. The van der Waals surface area contributed by atoms with E-state index in [1.807, 2.05) is 0 Å². The summed E-state index contributed by atoms with van der Waals surface area (Å²) in [5, 5.41) is 1.28. The zero-order chi connectivity index (χ0) is 15.7. The Labute approximate surface area is 120 Å². The van der Waals surface area contributed by atoms with Gasteiger partial charge in [-0.15, -0.1) is 0 Å². The van der Waals surface area contributed by atoms with Gasteiger partial charge in [-0.3, -0.25) is 4.79 Å². The zero-order valence-electron chi connectivity index (χ0n) is 10.5. The molecule has 2 aromatic rings. The number of aromatic nitrogens is 1. The van der Waals surface area contributed by atoms with Gasteiger partial charge < -0.3 is 10.5 Å². The minimum absolute atomic E-state index is 0.0890. The van der Waals surface area contributed by atoms with E-state index >= 15 is 0 Å². The molecule has 1 amide bonds. The third kappa shape index (κ3) is 2.68. The predicted octanol–water partition coefficient (Wildman–Crippen LogP) is 2.69. The first kappa shape index (κ1) is 15.2. The van der Waals surface area contributed by atoms with Crippen molar-refractivity contribution in [3.63, 3.8) is 0 Å². The second-order valence-electron chi connectivity index (χ2n) is 4.05. The van der Waals surface area contributed by atoms with Gasteiger partial charge in [-0.1, -0.05) is 0 Å². The van der Waals surface area contributed by atoms with Gasteiger partial charge in [-0.05, 0) is 18.5 Å². The lowest BCUT2D eigenvalue weighted by Crippen LogP contribution is -2.13. The fourth-order valence-electron chi connectivity index (χ4n) is 1.55. The number of hydrogen-bond acceptors (Lipinski definition) is 4. The van der Waals surface area contributed by atoms with E-state index in [4.69, 9.17) is 10.5 Å². The topological polar surface area (TPSA) is 65.2 Å². The lowest BCUT2D eigenvalue weighted by molar-refractivity contribution is 0.0995. The van der Waals surface area contributed by atoms with E-state index in [1.165, 1.54) is 5.38 Å². The van der Waals surface area contributed by atoms with Crippen LogP contribution in [0.25, 0.3) is 0 Å². The van der Waals surface area contributed by atoms with E-state index in [0.717, 1.165) is 18.5 Å². The van der Waals surface area contributed by atoms with Crippen LogP contribution in [0, 0.1) is 30.2 Å². The molecule has 4 nitrogen and oxygen atoms in total. The van der Waals surface area contributed by atoms with Gasteiger partial charge in [0.2, 0.25) is 5.88 Å². The molecule has 0 spiro atoms. The number of hydrogen-bond donors (Lipinski definition) is 1. The highest BCUT2D eigenvalue weighted by atomic mass is 32.1. The number of nitrogens with two attached hydrogens (primary N) is 1. The molecule has 0 aliphatic heterocycles. The quantitative estimate of drug-likeness (QED) is 0.696. The molecule has 0 atom stereocenters. The Morgan fingerprint density at radius 2 is 1.81 bits per heavy atom. The Morgan fingerprint density at radius 1 is 1.24 bits per heavy atom. The molecule has 9 heteroatoms. The number of carbonyl (C=O) groups excluding carboxylic acids is 1. The zero-order valence-corrected chi connectivity index (χ0v) is 11.4. The summed E-state index contributed by atoms with van der Waals surface area (Å²) in [5.41, 5.74) is 3.25. The van der Waals surface area contributed by atoms with E-state index in [2.05, 4.69) is 4.37 Å². The lowest BCUT2D eigenvalue weighted by Gasteiger charge is -2.10. The summed E-state index contributed by atoms with van der Waals surface area (Å²) >= 11 is 0.835. The molecule has 0 fully saturated rings. The molecule has 0 unspecified atom stereocenters. The third-order valence-electron chi connectivity index (χ3n) is 2.73. The van der Waals surface area contributed by atoms with Crippen LogP contribution in [0.15, 0.2) is 5.38 Å². The van der Waals surface area contributed by atoms with Crippen LogP contribution in [0.3, 0.4) is 0 Å². The molecule has 0 radical (unpaired) electrons. The Hall–Kier alpha value is -2.16. The molecule has 2 N–H and O–H groups in total. The molecule has 0 saturated carbocycles. The Kier molecular flexibility index (Phi) is 4.12. The predicted molar refractivity (Wildman–Crippen MR) is 66.0 cm³/mol.